The molecule has 0 aliphatic carbocycles. The molecule has 2 rings (SSSR count). The Labute approximate surface area is 124 Å². The first-order valence-corrected chi connectivity index (χ1v) is 6.95. The van der Waals surface area contributed by atoms with E-state index in [2.05, 4.69) is 15.0 Å². The van der Waals surface area contributed by atoms with Gasteiger partial charge in [-0.25, -0.2) is 4.98 Å². The summed E-state index contributed by atoms with van der Waals surface area (Å²) in [5.74, 6) is -0.934. The Hall–Kier alpha value is -1.92. The summed E-state index contributed by atoms with van der Waals surface area (Å²) < 4.78 is 4.59. The summed E-state index contributed by atoms with van der Waals surface area (Å²) in [5.41, 5.74) is 1.48. The van der Waals surface area contributed by atoms with Crippen LogP contribution in [0.4, 0.5) is 5.13 Å². The SMILES string of the molecule is CC(=O)OCC(=O)Nc1nc(-c2ccccc2Cl)cs1. The van der Waals surface area contributed by atoms with E-state index in [1.807, 2.05) is 18.2 Å². The Morgan fingerprint density at radius 1 is 1.40 bits per heavy atom. The first-order chi connectivity index (χ1) is 9.56. The van der Waals surface area contributed by atoms with Gasteiger partial charge in [0, 0.05) is 22.9 Å². The summed E-state index contributed by atoms with van der Waals surface area (Å²) in [5, 5.41) is 5.37. The van der Waals surface area contributed by atoms with Gasteiger partial charge in [0.15, 0.2) is 11.7 Å². The number of carbonyl (C=O) groups excluding carboxylic acids is 2. The van der Waals surface area contributed by atoms with E-state index in [0.29, 0.717) is 15.8 Å². The fraction of sp³-hybridized carbons (Fsp3) is 0.154. The van der Waals surface area contributed by atoms with Crippen molar-refractivity contribution in [3.05, 3.63) is 34.7 Å². The van der Waals surface area contributed by atoms with Gasteiger partial charge in [-0.3, -0.25) is 14.9 Å². The van der Waals surface area contributed by atoms with E-state index in [1.54, 1.807) is 11.4 Å². The van der Waals surface area contributed by atoms with Crippen LogP contribution >= 0.6 is 22.9 Å². The number of halogens is 1. The number of carbonyl (C=O) groups is 2. The highest BCUT2D eigenvalue weighted by Crippen LogP contribution is 2.30. The number of hydrogen-bond acceptors (Lipinski definition) is 5. The first-order valence-electron chi connectivity index (χ1n) is 5.70. The third kappa shape index (κ3) is 3.79. The fourth-order valence-electron chi connectivity index (χ4n) is 1.45. The van der Waals surface area contributed by atoms with Gasteiger partial charge < -0.3 is 4.74 Å². The lowest BCUT2D eigenvalue weighted by Gasteiger charge is -2.02. The van der Waals surface area contributed by atoms with Crippen molar-refractivity contribution >= 4 is 39.9 Å². The number of thiazole rings is 1. The molecule has 20 heavy (non-hydrogen) atoms. The van der Waals surface area contributed by atoms with Crippen LogP contribution in [-0.2, 0) is 14.3 Å². The van der Waals surface area contributed by atoms with Crippen LogP contribution in [0, 0.1) is 0 Å². The minimum absolute atomic E-state index is 0.323. The van der Waals surface area contributed by atoms with E-state index < -0.39 is 11.9 Å². The summed E-state index contributed by atoms with van der Waals surface area (Å²) >= 11 is 7.35. The topological polar surface area (TPSA) is 68.3 Å². The van der Waals surface area contributed by atoms with Crippen molar-refractivity contribution in [3.63, 3.8) is 0 Å². The van der Waals surface area contributed by atoms with Gasteiger partial charge in [-0.15, -0.1) is 11.3 Å². The van der Waals surface area contributed by atoms with Crippen molar-refractivity contribution in [2.45, 2.75) is 6.92 Å². The molecule has 5 nitrogen and oxygen atoms in total. The van der Waals surface area contributed by atoms with Gasteiger partial charge in [-0.05, 0) is 6.07 Å². The lowest BCUT2D eigenvalue weighted by molar-refractivity contribution is -0.144. The number of anilines is 1. The van der Waals surface area contributed by atoms with Gasteiger partial charge in [-0.1, -0.05) is 29.8 Å². The Balaban J connectivity index is 2.04. The number of hydrogen-bond donors (Lipinski definition) is 1. The van der Waals surface area contributed by atoms with E-state index in [-0.39, 0.29) is 6.61 Å². The minimum atomic E-state index is -0.504. The van der Waals surface area contributed by atoms with E-state index in [1.165, 1.54) is 18.3 Å². The van der Waals surface area contributed by atoms with Crippen molar-refractivity contribution in [3.8, 4) is 11.3 Å². The summed E-state index contributed by atoms with van der Waals surface area (Å²) in [6.07, 6.45) is 0. The number of amides is 1. The predicted octanol–water partition coefficient (Wildman–Crippen LogP) is 2.97. The van der Waals surface area contributed by atoms with Gasteiger partial charge in [-0.2, -0.15) is 0 Å². The van der Waals surface area contributed by atoms with Crippen molar-refractivity contribution in [1.82, 2.24) is 4.98 Å². The molecule has 1 heterocycles. The number of esters is 1. The quantitative estimate of drug-likeness (QED) is 0.882. The van der Waals surface area contributed by atoms with Gasteiger partial charge in [0.2, 0.25) is 0 Å². The second-order valence-corrected chi connectivity index (χ2v) is 5.11. The van der Waals surface area contributed by atoms with Gasteiger partial charge >= 0.3 is 5.97 Å². The highest BCUT2D eigenvalue weighted by atomic mass is 35.5. The molecule has 1 N–H and O–H groups in total. The molecule has 0 spiro atoms. The maximum Gasteiger partial charge on any atom is 0.303 e. The molecular formula is C13H11ClN2O3S. The molecule has 0 saturated carbocycles. The lowest BCUT2D eigenvalue weighted by Crippen LogP contribution is -2.19. The van der Waals surface area contributed by atoms with Crippen molar-refractivity contribution in [1.29, 1.82) is 0 Å². The van der Waals surface area contributed by atoms with Crippen LogP contribution in [-0.4, -0.2) is 23.5 Å². The lowest BCUT2D eigenvalue weighted by atomic mass is 10.2. The molecule has 1 aromatic carbocycles. The van der Waals surface area contributed by atoms with E-state index in [0.717, 1.165) is 5.56 Å². The fourth-order valence-corrected chi connectivity index (χ4v) is 2.41. The second kappa shape index (κ2) is 6.49. The molecule has 7 heteroatoms. The normalized spacial score (nSPS) is 10.1. The highest BCUT2D eigenvalue weighted by molar-refractivity contribution is 7.14. The molecule has 1 amide bonds. The number of aromatic nitrogens is 1. The van der Waals surface area contributed by atoms with Crippen molar-refractivity contribution in [2.24, 2.45) is 0 Å². The molecule has 0 saturated heterocycles. The summed E-state index contributed by atoms with van der Waals surface area (Å²) in [7, 11) is 0. The Kier molecular flexibility index (Phi) is 4.70. The third-order valence-electron chi connectivity index (χ3n) is 2.31. The molecule has 104 valence electrons. The smallest absolute Gasteiger partial charge is 0.303 e. The molecular weight excluding hydrogens is 300 g/mol. The number of nitrogens with zero attached hydrogens (tertiary/aromatic N) is 1. The van der Waals surface area contributed by atoms with Gasteiger partial charge in [0.05, 0.1) is 5.69 Å². The molecule has 0 radical (unpaired) electrons. The Morgan fingerprint density at radius 3 is 2.85 bits per heavy atom. The molecule has 0 fully saturated rings. The molecule has 0 unspecified atom stereocenters. The monoisotopic (exact) mass is 310 g/mol. The average Bonchev–Trinajstić information content (AvgIpc) is 2.85. The molecule has 2 aromatic rings. The Bertz CT molecular complexity index is 642. The van der Waals surface area contributed by atoms with Crippen LogP contribution in [0.1, 0.15) is 6.92 Å². The zero-order chi connectivity index (χ0) is 14.5. The molecule has 0 atom stereocenters. The minimum Gasteiger partial charge on any atom is -0.456 e. The zero-order valence-corrected chi connectivity index (χ0v) is 12.1. The van der Waals surface area contributed by atoms with E-state index >= 15 is 0 Å². The maximum atomic E-state index is 11.5. The van der Waals surface area contributed by atoms with Crippen molar-refractivity contribution in [2.75, 3.05) is 11.9 Å². The zero-order valence-electron chi connectivity index (χ0n) is 10.6. The van der Waals surface area contributed by atoms with Crippen LogP contribution in [0.25, 0.3) is 11.3 Å². The average molecular weight is 311 g/mol. The largest absolute Gasteiger partial charge is 0.456 e. The van der Waals surface area contributed by atoms with Crippen LogP contribution in [0.3, 0.4) is 0 Å². The molecule has 0 bridgehead atoms. The summed E-state index contributed by atoms with van der Waals surface area (Å²) in [4.78, 5) is 26.3. The highest BCUT2D eigenvalue weighted by Gasteiger charge is 2.10. The predicted molar refractivity (Wildman–Crippen MR) is 77.8 cm³/mol. The van der Waals surface area contributed by atoms with Gasteiger partial charge in [0.25, 0.3) is 5.91 Å². The van der Waals surface area contributed by atoms with Crippen LogP contribution < -0.4 is 5.32 Å². The second-order valence-electron chi connectivity index (χ2n) is 3.85. The maximum absolute atomic E-state index is 11.5. The Morgan fingerprint density at radius 2 is 2.15 bits per heavy atom. The van der Waals surface area contributed by atoms with Crippen LogP contribution in [0.5, 0.6) is 0 Å². The molecule has 0 aliphatic heterocycles. The molecule has 1 aromatic heterocycles. The van der Waals surface area contributed by atoms with E-state index in [9.17, 15) is 9.59 Å². The summed E-state index contributed by atoms with van der Waals surface area (Å²) in [6, 6.07) is 7.32. The van der Waals surface area contributed by atoms with Crippen LogP contribution in [0.15, 0.2) is 29.6 Å². The van der Waals surface area contributed by atoms with Crippen molar-refractivity contribution < 1.29 is 14.3 Å². The molecule has 0 aliphatic rings. The number of benzene rings is 1. The first kappa shape index (κ1) is 14.5. The standard InChI is InChI=1S/C13H11ClN2O3S/c1-8(17)19-6-12(18)16-13-15-11(7-20-13)9-4-2-3-5-10(9)14/h2-5,7H,6H2,1H3,(H,15,16,18). The third-order valence-corrected chi connectivity index (χ3v) is 3.39. The van der Waals surface area contributed by atoms with Crippen LogP contribution in [0.2, 0.25) is 5.02 Å². The number of rotatable bonds is 4. The summed E-state index contributed by atoms with van der Waals surface area (Å²) in [6.45, 7) is 0.919. The number of ether oxygens (including phenoxy) is 1. The van der Waals surface area contributed by atoms with E-state index in [4.69, 9.17) is 11.6 Å². The number of nitrogens with one attached hydrogen (secondary N) is 1. The van der Waals surface area contributed by atoms with Gasteiger partial charge in [0.1, 0.15) is 0 Å².